The van der Waals surface area contributed by atoms with E-state index in [2.05, 4.69) is 36.6 Å². The summed E-state index contributed by atoms with van der Waals surface area (Å²) in [6, 6.07) is 13.9. The molecule has 0 aromatic heterocycles. The number of piperidine rings is 1. The molecular formula is C23H27Cl3N2O. The van der Waals surface area contributed by atoms with Crippen LogP contribution in [0.25, 0.3) is 6.08 Å². The van der Waals surface area contributed by atoms with Crippen molar-refractivity contribution < 1.29 is 21.7 Å². The lowest BCUT2D eigenvalue weighted by Gasteiger charge is -2.37. The van der Waals surface area contributed by atoms with Crippen LogP contribution < -0.4 is 17.7 Å². The Kier molecular flexibility index (Phi) is 9.04. The Labute approximate surface area is 189 Å². The normalized spacial score (nSPS) is 15.7. The second-order valence-electron chi connectivity index (χ2n) is 7.83. The SMILES string of the molecule is C[N+]1(Cc2ccc(CNC(=O)C=Cc3ccc(Cl)c(Cl)c3)cc2)CCCCC1.[Cl-]. The van der Waals surface area contributed by atoms with Gasteiger partial charge in [-0.3, -0.25) is 4.79 Å². The molecule has 1 amide bonds. The highest BCUT2D eigenvalue weighted by molar-refractivity contribution is 6.42. The summed E-state index contributed by atoms with van der Waals surface area (Å²) in [5, 5.41) is 3.89. The molecule has 0 saturated carbocycles. The Bertz CT molecular complexity index is 844. The van der Waals surface area contributed by atoms with Crippen molar-refractivity contribution in [2.45, 2.75) is 32.4 Å². The van der Waals surface area contributed by atoms with Crippen LogP contribution in [0.1, 0.15) is 36.0 Å². The van der Waals surface area contributed by atoms with Gasteiger partial charge < -0.3 is 22.2 Å². The number of hydrogen-bond acceptors (Lipinski definition) is 1. The van der Waals surface area contributed by atoms with Gasteiger partial charge in [0, 0.05) is 18.2 Å². The van der Waals surface area contributed by atoms with Crippen molar-refractivity contribution in [1.82, 2.24) is 5.32 Å². The molecule has 0 atom stereocenters. The minimum Gasteiger partial charge on any atom is -1.00 e. The number of carbonyl (C=O) groups is 1. The number of halogens is 3. The lowest BCUT2D eigenvalue weighted by atomic mass is 10.1. The summed E-state index contributed by atoms with van der Waals surface area (Å²) in [4.78, 5) is 12.1. The molecule has 6 heteroatoms. The Hall–Kier alpha value is -1.52. The van der Waals surface area contributed by atoms with E-state index < -0.39 is 0 Å². The molecule has 1 saturated heterocycles. The number of quaternary nitrogens is 1. The van der Waals surface area contributed by atoms with Crippen LogP contribution in [-0.2, 0) is 17.9 Å². The molecule has 1 aliphatic heterocycles. The van der Waals surface area contributed by atoms with Gasteiger partial charge in [-0.25, -0.2) is 0 Å². The average molecular weight is 454 g/mol. The molecule has 2 aromatic rings. The third-order valence-corrected chi connectivity index (χ3v) is 6.06. The molecule has 1 heterocycles. The van der Waals surface area contributed by atoms with E-state index >= 15 is 0 Å². The first kappa shape index (κ1) is 23.8. The summed E-state index contributed by atoms with van der Waals surface area (Å²) in [7, 11) is 2.35. The number of nitrogens with one attached hydrogen (secondary N) is 1. The fourth-order valence-corrected chi connectivity index (χ4v) is 3.98. The zero-order valence-electron chi connectivity index (χ0n) is 16.6. The summed E-state index contributed by atoms with van der Waals surface area (Å²) in [6.45, 7) is 4.13. The van der Waals surface area contributed by atoms with Gasteiger partial charge in [0.05, 0.1) is 30.2 Å². The Morgan fingerprint density at radius 1 is 1.00 bits per heavy atom. The molecular weight excluding hydrogens is 427 g/mol. The Balaban J connectivity index is 0.00000300. The van der Waals surface area contributed by atoms with Crippen molar-refractivity contribution in [3.63, 3.8) is 0 Å². The third kappa shape index (κ3) is 7.35. The van der Waals surface area contributed by atoms with E-state index in [0.29, 0.717) is 16.6 Å². The predicted octanol–water partition coefficient (Wildman–Crippen LogP) is 2.46. The lowest BCUT2D eigenvalue weighted by molar-refractivity contribution is -0.926. The van der Waals surface area contributed by atoms with Gasteiger partial charge in [-0.1, -0.05) is 53.5 Å². The highest BCUT2D eigenvalue weighted by atomic mass is 35.5. The van der Waals surface area contributed by atoms with Gasteiger partial charge in [0.15, 0.2) is 0 Å². The molecule has 3 nitrogen and oxygen atoms in total. The van der Waals surface area contributed by atoms with Crippen molar-refractivity contribution in [2.75, 3.05) is 20.1 Å². The maximum atomic E-state index is 12.1. The predicted molar refractivity (Wildman–Crippen MR) is 117 cm³/mol. The Morgan fingerprint density at radius 2 is 1.66 bits per heavy atom. The van der Waals surface area contributed by atoms with E-state index in [1.165, 1.54) is 44.0 Å². The molecule has 0 aliphatic carbocycles. The molecule has 156 valence electrons. The van der Waals surface area contributed by atoms with Crippen LogP contribution in [0.4, 0.5) is 0 Å². The van der Waals surface area contributed by atoms with Gasteiger partial charge in [-0.2, -0.15) is 0 Å². The van der Waals surface area contributed by atoms with Gasteiger partial charge in [0.2, 0.25) is 5.91 Å². The Morgan fingerprint density at radius 3 is 2.31 bits per heavy atom. The number of likely N-dealkylation sites (tertiary alicyclic amines) is 1. The minimum absolute atomic E-state index is 0. The van der Waals surface area contributed by atoms with Crippen LogP contribution in [0.5, 0.6) is 0 Å². The van der Waals surface area contributed by atoms with E-state index in [4.69, 9.17) is 23.2 Å². The lowest BCUT2D eigenvalue weighted by Crippen LogP contribution is -3.00. The first-order chi connectivity index (χ1) is 13.4. The van der Waals surface area contributed by atoms with Crippen LogP contribution in [0.2, 0.25) is 10.0 Å². The fourth-order valence-electron chi connectivity index (χ4n) is 3.67. The summed E-state index contributed by atoms with van der Waals surface area (Å²) in [5.74, 6) is -0.137. The van der Waals surface area contributed by atoms with Crippen molar-refractivity contribution in [3.8, 4) is 0 Å². The second kappa shape index (κ2) is 11.0. The number of benzene rings is 2. The molecule has 1 fully saturated rings. The molecule has 1 N–H and O–H groups in total. The summed E-state index contributed by atoms with van der Waals surface area (Å²) in [5.41, 5.74) is 3.29. The first-order valence-corrected chi connectivity index (χ1v) is 10.5. The summed E-state index contributed by atoms with van der Waals surface area (Å²) in [6.07, 6.45) is 7.26. The van der Waals surface area contributed by atoms with Gasteiger partial charge >= 0.3 is 0 Å². The van der Waals surface area contributed by atoms with Crippen LogP contribution in [0.3, 0.4) is 0 Å². The molecule has 3 rings (SSSR count). The molecule has 2 aromatic carbocycles. The molecule has 0 bridgehead atoms. The molecule has 0 spiro atoms. The maximum absolute atomic E-state index is 12.1. The smallest absolute Gasteiger partial charge is 0.244 e. The number of nitrogens with zero attached hydrogens (tertiary/aromatic N) is 1. The van der Waals surface area contributed by atoms with Crippen LogP contribution in [-0.4, -0.2) is 30.5 Å². The fraction of sp³-hybridized carbons (Fsp3) is 0.348. The van der Waals surface area contributed by atoms with Gasteiger partial charge in [0.1, 0.15) is 6.54 Å². The topological polar surface area (TPSA) is 29.1 Å². The highest BCUT2D eigenvalue weighted by Gasteiger charge is 2.24. The zero-order valence-corrected chi connectivity index (χ0v) is 18.9. The monoisotopic (exact) mass is 452 g/mol. The van der Waals surface area contributed by atoms with Crippen molar-refractivity contribution >= 4 is 35.2 Å². The van der Waals surface area contributed by atoms with Gasteiger partial charge in [-0.05, 0) is 48.6 Å². The van der Waals surface area contributed by atoms with E-state index in [9.17, 15) is 4.79 Å². The number of hydrogen-bond donors (Lipinski definition) is 1. The molecule has 0 radical (unpaired) electrons. The summed E-state index contributed by atoms with van der Waals surface area (Å²) < 4.78 is 1.13. The second-order valence-corrected chi connectivity index (χ2v) is 8.64. The standard InChI is InChI=1S/C23H26Cl2N2O.ClH/c1-27(13-3-2-4-14-27)17-20-7-5-19(6-8-20)16-26-23(28)12-10-18-9-11-21(24)22(25)15-18;/h5-12,15H,2-4,13-14,16-17H2,1H3;1H. The molecule has 0 unspecified atom stereocenters. The van der Waals surface area contributed by atoms with Gasteiger partial charge in [0.25, 0.3) is 0 Å². The van der Waals surface area contributed by atoms with Crippen molar-refractivity contribution in [2.24, 2.45) is 0 Å². The quantitative estimate of drug-likeness (QED) is 0.528. The van der Waals surface area contributed by atoms with E-state index in [0.717, 1.165) is 22.2 Å². The van der Waals surface area contributed by atoms with Crippen LogP contribution in [0, 0.1) is 0 Å². The van der Waals surface area contributed by atoms with Gasteiger partial charge in [-0.15, -0.1) is 0 Å². The number of rotatable bonds is 6. The largest absolute Gasteiger partial charge is 1.00 e. The van der Waals surface area contributed by atoms with Crippen LogP contribution in [0.15, 0.2) is 48.5 Å². The minimum atomic E-state index is -0.137. The molecule has 1 aliphatic rings. The zero-order chi connectivity index (χ0) is 20.0. The third-order valence-electron chi connectivity index (χ3n) is 5.32. The highest BCUT2D eigenvalue weighted by Crippen LogP contribution is 2.23. The van der Waals surface area contributed by atoms with Crippen molar-refractivity contribution in [3.05, 3.63) is 75.3 Å². The van der Waals surface area contributed by atoms with Crippen LogP contribution >= 0.6 is 23.2 Å². The summed E-state index contributed by atoms with van der Waals surface area (Å²) >= 11 is 11.9. The van der Waals surface area contributed by atoms with Crippen molar-refractivity contribution in [1.29, 1.82) is 0 Å². The van der Waals surface area contributed by atoms with E-state index in [1.54, 1.807) is 18.2 Å². The molecule has 29 heavy (non-hydrogen) atoms. The number of amides is 1. The van der Waals surface area contributed by atoms with E-state index in [1.807, 2.05) is 6.07 Å². The number of carbonyl (C=O) groups excluding carboxylic acids is 1. The maximum Gasteiger partial charge on any atom is 0.244 e. The average Bonchev–Trinajstić information content (AvgIpc) is 2.68. The first-order valence-electron chi connectivity index (χ1n) is 9.76. The van der Waals surface area contributed by atoms with E-state index in [-0.39, 0.29) is 18.3 Å².